The lowest BCUT2D eigenvalue weighted by molar-refractivity contribution is -0.131. The number of carboxylic acid groups (broad SMARTS) is 1. The highest BCUT2D eigenvalue weighted by Gasteiger charge is 2.24. The van der Waals surface area contributed by atoms with E-state index in [1.165, 1.54) is 6.08 Å². The van der Waals surface area contributed by atoms with Crippen molar-refractivity contribution in [2.24, 2.45) is 5.41 Å². The molecule has 0 aliphatic heterocycles. The molecule has 108 valence electrons. The van der Waals surface area contributed by atoms with Crippen LogP contribution in [-0.4, -0.2) is 17.0 Å². The van der Waals surface area contributed by atoms with Gasteiger partial charge in [-0.15, -0.1) is 0 Å². The molecule has 1 amide bonds. The minimum atomic E-state index is -0.978. The van der Waals surface area contributed by atoms with Crippen molar-refractivity contribution in [1.82, 2.24) is 5.32 Å². The van der Waals surface area contributed by atoms with Crippen molar-refractivity contribution in [3.05, 3.63) is 41.5 Å². The van der Waals surface area contributed by atoms with Crippen LogP contribution in [0.15, 0.2) is 30.3 Å². The third kappa shape index (κ3) is 4.88. The van der Waals surface area contributed by atoms with Crippen molar-refractivity contribution in [3.63, 3.8) is 0 Å². The minimum Gasteiger partial charge on any atom is -0.478 e. The fourth-order valence-corrected chi connectivity index (χ4v) is 1.56. The molecule has 0 saturated heterocycles. The molecule has 0 unspecified atom stereocenters. The van der Waals surface area contributed by atoms with Gasteiger partial charge in [-0.3, -0.25) is 4.79 Å². The Morgan fingerprint density at radius 2 is 2.05 bits per heavy atom. The second kappa shape index (κ2) is 6.89. The molecular weight excluding hydrogens is 254 g/mol. The van der Waals surface area contributed by atoms with Crippen molar-refractivity contribution in [3.8, 4) is 0 Å². The van der Waals surface area contributed by atoms with Crippen LogP contribution in [0.5, 0.6) is 0 Å². The number of hydrogen-bond donors (Lipinski definition) is 2. The normalized spacial score (nSPS) is 11.6. The summed E-state index contributed by atoms with van der Waals surface area (Å²) in [4.78, 5) is 22.4. The van der Waals surface area contributed by atoms with Gasteiger partial charge in [-0.1, -0.05) is 39.0 Å². The van der Waals surface area contributed by atoms with Gasteiger partial charge in [0.15, 0.2) is 0 Å². The van der Waals surface area contributed by atoms with Crippen molar-refractivity contribution in [2.45, 2.75) is 33.7 Å². The summed E-state index contributed by atoms with van der Waals surface area (Å²) in [5.74, 6) is -0.958. The molecule has 0 radical (unpaired) electrons. The molecule has 0 aliphatic carbocycles. The van der Waals surface area contributed by atoms with E-state index in [-0.39, 0.29) is 11.3 Å². The summed E-state index contributed by atoms with van der Waals surface area (Å²) in [5, 5.41) is 11.5. The van der Waals surface area contributed by atoms with Crippen molar-refractivity contribution >= 4 is 18.0 Å². The molecule has 2 N–H and O–H groups in total. The largest absolute Gasteiger partial charge is 0.478 e. The molecule has 0 heterocycles. The zero-order valence-corrected chi connectivity index (χ0v) is 12.1. The van der Waals surface area contributed by atoms with Crippen molar-refractivity contribution in [2.75, 3.05) is 0 Å². The third-order valence-corrected chi connectivity index (χ3v) is 3.32. The first-order valence-electron chi connectivity index (χ1n) is 6.63. The van der Waals surface area contributed by atoms with E-state index in [0.717, 1.165) is 23.6 Å². The van der Waals surface area contributed by atoms with Crippen LogP contribution in [0.25, 0.3) is 6.08 Å². The van der Waals surface area contributed by atoms with E-state index in [0.29, 0.717) is 6.54 Å². The summed E-state index contributed by atoms with van der Waals surface area (Å²) in [6.45, 7) is 6.25. The van der Waals surface area contributed by atoms with Gasteiger partial charge in [0.2, 0.25) is 5.91 Å². The van der Waals surface area contributed by atoms with Crippen LogP contribution >= 0.6 is 0 Å². The highest BCUT2D eigenvalue weighted by atomic mass is 16.4. The number of aliphatic carboxylic acids is 1. The molecule has 4 heteroatoms. The minimum absolute atomic E-state index is 0.0199. The summed E-state index contributed by atoms with van der Waals surface area (Å²) in [5.41, 5.74) is 1.37. The van der Waals surface area contributed by atoms with E-state index in [4.69, 9.17) is 5.11 Å². The van der Waals surface area contributed by atoms with E-state index >= 15 is 0 Å². The molecule has 0 saturated carbocycles. The third-order valence-electron chi connectivity index (χ3n) is 3.32. The Labute approximate surface area is 119 Å². The van der Waals surface area contributed by atoms with Crippen LogP contribution in [0.4, 0.5) is 0 Å². The zero-order valence-electron chi connectivity index (χ0n) is 12.1. The summed E-state index contributed by atoms with van der Waals surface area (Å²) in [6.07, 6.45) is 3.40. The SMILES string of the molecule is CCC(C)(C)C(=O)NCc1cccc(C=CC(=O)O)c1. The summed E-state index contributed by atoms with van der Waals surface area (Å²) < 4.78 is 0. The van der Waals surface area contributed by atoms with Gasteiger partial charge in [0.05, 0.1) is 0 Å². The number of nitrogens with one attached hydrogen (secondary N) is 1. The predicted octanol–water partition coefficient (Wildman–Crippen LogP) is 2.84. The fourth-order valence-electron chi connectivity index (χ4n) is 1.56. The molecule has 1 aromatic rings. The molecule has 4 nitrogen and oxygen atoms in total. The average Bonchev–Trinajstić information content (AvgIpc) is 2.42. The maximum Gasteiger partial charge on any atom is 0.328 e. The zero-order chi connectivity index (χ0) is 15.2. The predicted molar refractivity (Wildman–Crippen MR) is 79.0 cm³/mol. The van der Waals surface area contributed by atoms with Crippen LogP contribution in [0, 0.1) is 5.41 Å². The van der Waals surface area contributed by atoms with E-state index < -0.39 is 5.97 Å². The Morgan fingerprint density at radius 3 is 2.65 bits per heavy atom. The lowest BCUT2D eigenvalue weighted by Crippen LogP contribution is -2.35. The van der Waals surface area contributed by atoms with Gasteiger partial charge in [-0.2, -0.15) is 0 Å². The van der Waals surface area contributed by atoms with E-state index in [9.17, 15) is 9.59 Å². The molecule has 20 heavy (non-hydrogen) atoms. The molecule has 0 aliphatic rings. The van der Waals surface area contributed by atoms with Crippen LogP contribution in [-0.2, 0) is 16.1 Å². The Bertz CT molecular complexity index is 518. The number of amides is 1. The lowest BCUT2D eigenvalue weighted by Gasteiger charge is -2.21. The Kier molecular flexibility index (Phi) is 5.50. The number of carbonyl (C=O) groups excluding carboxylic acids is 1. The van der Waals surface area contributed by atoms with Gasteiger partial charge in [0, 0.05) is 18.0 Å². The Morgan fingerprint density at radius 1 is 1.35 bits per heavy atom. The summed E-state index contributed by atoms with van der Waals surface area (Å²) in [6, 6.07) is 7.42. The standard InChI is InChI=1S/C16H21NO3/c1-4-16(2,3)15(20)17-11-13-7-5-6-12(10-13)8-9-14(18)19/h5-10H,4,11H2,1-3H3,(H,17,20)(H,18,19). The number of hydrogen-bond acceptors (Lipinski definition) is 2. The molecule has 1 aromatic carbocycles. The molecule has 0 bridgehead atoms. The molecular formula is C16H21NO3. The Hall–Kier alpha value is -2.10. The molecule has 0 aromatic heterocycles. The van der Waals surface area contributed by atoms with Gasteiger partial charge < -0.3 is 10.4 Å². The number of rotatable bonds is 6. The number of carboxylic acids is 1. The maximum atomic E-state index is 12.0. The van der Waals surface area contributed by atoms with Crippen LogP contribution in [0.2, 0.25) is 0 Å². The molecule has 0 spiro atoms. The highest BCUT2D eigenvalue weighted by molar-refractivity contribution is 5.85. The fraction of sp³-hybridized carbons (Fsp3) is 0.375. The first kappa shape index (κ1) is 16.0. The van der Waals surface area contributed by atoms with Gasteiger partial charge >= 0.3 is 5.97 Å². The monoisotopic (exact) mass is 275 g/mol. The Balaban J connectivity index is 2.68. The van der Waals surface area contributed by atoms with Crippen LogP contribution in [0.3, 0.4) is 0 Å². The quantitative estimate of drug-likeness (QED) is 0.784. The average molecular weight is 275 g/mol. The first-order chi connectivity index (χ1) is 9.35. The van der Waals surface area contributed by atoms with E-state index in [2.05, 4.69) is 5.32 Å². The maximum absolute atomic E-state index is 12.0. The van der Waals surface area contributed by atoms with Gasteiger partial charge in [-0.25, -0.2) is 4.79 Å². The first-order valence-corrected chi connectivity index (χ1v) is 6.63. The summed E-state index contributed by atoms with van der Waals surface area (Å²) in [7, 11) is 0. The second-order valence-corrected chi connectivity index (χ2v) is 5.34. The molecule has 1 rings (SSSR count). The van der Waals surface area contributed by atoms with Crippen molar-refractivity contribution in [1.29, 1.82) is 0 Å². The smallest absolute Gasteiger partial charge is 0.328 e. The van der Waals surface area contributed by atoms with Gasteiger partial charge in [0.1, 0.15) is 0 Å². The van der Waals surface area contributed by atoms with Gasteiger partial charge in [0.25, 0.3) is 0 Å². The van der Waals surface area contributed by atoms with Crippen LogP contribution in [0.1, 0.15) is 38.3 Å². The molecule has 0 atom stereocenters. The van der Waals surface area contributed by atoms with Gasteiger partial charge in [-0.05, 0) is 29.7 Å². The topological polar surface area (TPSA) is 66.4 Å². The highest BCUT2D eigenvalue weighted by Crippen LogP contribution is 2.19. The molecule has 0 fully saturated rings. The number of benzene rings is 1. The second-order valence-electron chi connectivity index (χ2n) is 5.34. The van der Waals surface area contributed by atoms with Crippen LogP contribution < -0.4 is 5.32 Å². The number of carbonyl (C=O) groups is 2. The lowest BCUT2D eigenvalue weighted by atomic mass is 9.89. The van der Waals surface area contributed by atoms with E-state index in [1.54, 1.807) is 0 Å². The van der Waals surface area contributed by atoms with E-state index in [1.807, 2.05) is 45.0 Å². The van der Waals surface area contributed by atoms with Crippen molar-refractivity contribution < 1.29 is 14.7 Å². The summed E-state index contributed by atoms with van der Waals surface area (Å²) >= 11 is 0.